The zero-order valence-electron chi connectivity index (χ0n) is 10.2. The standard InChI is InChI=1S/C11H19NO4/c1-8-7-15-9(6-13)5-12(8)10(14)16-11(2,3)4/h6,8-9H,5,7H2,1-4H3/t8?,9-/m1/s1. The number of nitrogens with zero attached hydrogens (tertiary/aromatic N) is 1. The molecule has 1 unspecified atom stereocenters. The molecule has 0 bridgehead atoms. The molecule has 1 saturated heterocycles. The Morgan fingerprint density at radius 3 is 2.62 bits per heavy atom. The van der Waals surface area contributed by atoms with Gasteiger partial charge in [-0.1, -0.05) is 0 Å². The second-order valence-electron chi connectivity index (χ2n) is 4.99. The minimum atomic E-state index is -0.538. The zero-order chi connectivity index (χ0) is 12.3. The monoisotopic (exact) mass is 229 g/mol. The Bertz CT molecular complexity index is 272. The number of hydrogen-bond donors (Lipinski definition) is 0. The summed E-state index contributed by atoms with van der Waals surface area (Å²) in [4.78, 5) is 24.0. The fourth-order valence-electron chi connectivity index (χ4n) is 1.44. The van der Waals surface area contributed by atoms with Crippen LogP contribution in [-0.2, 0) is 14.3 Å². The van der Waals surface area contributed by atoms with Gasteiger partial charge in [0, 0.05) is 0 Å². The number of aldehydes is 1. The number of ether oxygens (including phenoxy) is 2. The van der Waals surface area contributed by atoms with Crippen LogP contribution >= 0.6 is 0 Å². The molecule has 92 valence electrons. The van der Waals surface area contributed by atoms with E-state index in [0.717, 1.165) is 0 Å². The molecule has 5 nitrogen and oxygen atoms in total. The molecule has 0 aromatic carbocycles. The van der Waals surface area contributed by atoms with Gasteiger partial charge in [-0.15, -0.1) is 0 Å². The van der Waals surface area contributed by atoms with E-state index in [1.807, 2.05) is 27.7 Å². The maximum absolute atomic E-state index is 11.8. The van der Waals surface area contributed by atoms with Crippen molar-refractivity contribution in [2.75, 3.05) is 13.2 Å². The number of amides is 1. The summed E-state index contributed by atoms with van der Waals surface area (Å²) in [5.74, 6) is 0. The lowest BCUT2D eigenvalue weighted by Crippen LogP contribution is -2.52. The van der Waals surface area contributed by atoms with Crippen LogP contribution in [0.1, 0.15) is 27.7 Å². The highest BCUT2D eigenvalue weighted by Crippen LogP contribution is 2.16. The second kappa shape index (κ2) is 4.82. The van der Waals surface area contributed by atoms with E-state index in [0.29, 0.717) is 12.9 Å². The molecule has 1 aliphatic rings. The van der Waals surface area contributed by atoms with E-state index >= 15 is 0 Å². The molecule has 0 radical (unpaired) electrons. The van der Waals surface area contributed by atoms with E-state index < -0.39 is 17.8 Å². The van der Waals surface area contributed by atoms with E-state index in [-0.39, 0.29) is 12.6 Å². The quantitative estimate of drug-likeness (QED) is 0.634. The molecule has 0 aromatic heterocycles. The third kappa shape index (κ3) is 3.48. The molecule has 16 heavy (non-hydrogen) atoms. The minimum Gasteiger partial charge on any atom is -0.444 e. The van der Waals surface area contributed by atoms with Gasteiger partial charge in [-0.25, -0.2) is 4.79 Å². The van der Waals surface area contributed by atoms with Crippen molar-refractivity contribution in [1.82, 2.24) is 4.90 Å². The Balaban J connectivity index is 2.62. The largest absolute Gasteiger partial charge is 0.444 e. The molecular formula is C11H19NO4. The first kappa shape index (κ1) is 13.0. The third-order valence-corrected chi connectivity index (χ3v) is 2.24. The van der Waals surface area contributed by atoms with Crippen LogP contribution in [0.3, 0.4) is 0 Å². The zero-order valence-corrected chi connectivity index (χ0v) is 10.2. The normalized spacial score (nSPS) is 26.4. The number of carbonyl (C=O) groups is 2. The summed E-state index contributed by atoms with van der Waals surface area (Å²) in [5, 5.41) is 0. The van der Waals surface area contributed by atoms with Crippen molar-refractivity contribution in [3.8, 4) is 0 Å². The van der Waals surface area contributed by atoms with Gasteiger partial charge in [-0.2, -0.15) is 0 Å². The Labute approximate surface area is 95.7 Å². The lowest BCUT2D eigenvalue weighted by Gasteiger charge is -2.36. The van der Waals surface area contributed by atoms with Gasteiger partial charge in [0.15, 0.2) is 6.29 Å². The van der Waals surface area contributed by atoms with Gasteiger partial charge in [0.25, 0.3) is 0 Å². The summed E-state index contributed by atoms with van der Waals surface area (Å²) in [5.41, 5.74) is -0.522. The van der Waals surface area contributed by atoms with E-state index in [1.54, 1.807) is 0 Å². The molecule has 1 aliphatic heterocycles. The number of rotatable bonds is 1. The SMILES string of the molecule is CC1CO[C@@H](C=O)CN1C(=O)OC(C)(C)C. The Morgan fingerprint density at radius 2 is 2.12 bits per heavy atom. The molecule has 0 aromatic rings. The van der Waals surface area contributed by atoms with Crippen LogP contribution in [0.4, 0.5) is 4.79 Å². The molecule has 2 atom stereocenters. The predicted octanol–water partition coefficient (Wildman–Crippen LogP) is 1.21. The first-order valence-electron chi connectivity index (χ1n) is 5.40. The van der Waals surface area contributed by atoms with Crippen molar-refractivity contribution in [2.45, 2.75) is 45.4 Å². The van der Waals surface area contributed by atoms with Crippen LogP contribution in [0, 0.1) is 0 Å². The first-order valence-corrected chi connectivity index (χ1v) is 5.40. The average Bonchev–Trinajstić information content (AvgIpc) is 2.15. The molecule has 1 heterocycles. The van der Waals surface area contributed by atoms with E-state index in [9.17, 15) is 9.59 Å². The summed E-state index contributed by atoms with van der Waals surface area (Å²) >= 11 is 0. The lowest BCUT2D eigenvalue weighted by atomic mass is 10.2. The highest BCUT2D eigenvalue weighted by Gasteiger charge is 2.32. The van der Waals surface area contributed by atoms with Crippen molar-refractivity contribution >= 4 is 12.4 Å². The number of carbonyl (C=O) groups excluding carboxylic acids is 2. The summed E-state index contributed by atoms with van der Waals surface area (Å²) in [6.45, 7) is 7.93. The smallest absolute Gasteiger partial charge is 0.410 e. The summed E-state index contributed by atoms with van der Waals surface area (Å²) in [6, 6.07) is -0.0638. The van der Waals surface area contributed by atoms with Crippen molar-refractivity contribution in [3.63, 3.8) is 0 Å². The van der Waals surface area contributed by atoms with E-state index in [4.69, 9.17) is 9.47 Å². The first-order chi connectivity index (χ1) is 7.33. The molecule has 0 N–H and O–H groups in total. The summed E-state index contributed by atoms with van der Waals surface area (Å²) < 4.78 is 10.5. The van der Waals surface area contributed by atoms with Crippen LogP contribution in [0.5, 0.6) is 0 Å². The number of hydrogen-bond acceptors (Lipinski definition) is 4. The predicted molar refractivity (Wildman–Crippen MR) is 58.2 cm³/mol. The maximum atomic E-state index is 11.8. The number of morpholine rings is 1. The van der Waals surface area contributed by atoms with Gasteiger partial charge in [0.05, 0.1) is 19.2 Å². The summed E-state index contributed by atoms with van der Waals surface area (Å²) in [6.07, 6.45) is -0.220. The Kier molecular flexibility index (Phi) is 3.91. The molecule has 0 aliphatic carbocycles. The molecule has 1 amide bonds. The topological polar surface area (TPSA) is 55.8 Å². The molecule has 1 fully saturated rings. The highest BCUT2D eigenvalue weighted by atomic mass is 16.6. The van der Waals surface area contributed by atoms with Gasteiger partial charge in [0.1, 0.15) is 11.7 Å². The van der Waals surface area contributed by atoms with Crippen LogP contribution in [0.25, 0.3) is 0 Å². The van der Waals surface area contributed by atoms with Gasteiger partial charge in [-0.05, 0) is 27.7 Å². The molecule has 0 spiro atoms. The minimum absolute atomic E-state index is 0.0638. The molecule has 1 rings (SSSR count). The van der Waals surface area contributed by atoms with Gasteiger partial charge < -0.3 is 19.2 Å². The van der Waals surface area contributed by atoms with Crippen molar-refractivity contribution < 1.29 is 19.1 Å². The Morgan fingerprint density at radius 1 is 1.50 bits per heavy atom. The van der Waals surface area contributed by atoms with Gasteiger partial charge in [-0.3, -0.25) is 0 Å². The van der Waals surface area contributed by atoms with Crippen LogP contribution in [0.2, 0.25) is 0 Å². The molecule has 5 heteroatoms. The maximum Gasteiger partial charge on any atom is 0.410 e. The van der Waals surface area contributed by atoms with Gasteiger partial charge >= 0.3 is 6.09 Å². The molecular weight excluding hydrogens is 210 g/mol. The lowest BCUT2D eigenvalue weighted by molar-refractivity contribution is -0.126. The van der Waals surface area contributed by atoms with Crippen LogP contribution < -0.4 is 0 Å². The fraction of sp³-hybridized carbons (Fsp3) is 0.818. The average molecular weight is 229 g/mol. The fourth-order valence-corrected chi connectivity index (χ4v) is 1.44. The van der Waals surface area contributed by atoms with Gasteiger partial charge in [0.2, 0.25) is 0 Å². The van der Waals surface area contributed by atoms with Crippen molar-refractivity contribution in [3.05, 3.63) is 0 Å². The van der Waals surface area contributed by atoms with Crippen LogP contribution in [-0.4, -0.2) is 48.2 Å². The highest BCUT2D eigenvalue weighted by molar-refractivity contribution is 5.70. The second-order valence-corrected chi connectivity index (χ2v) is 4.99. The summed E-state index contributed by atoms with van der Waals surface area (Å²) in [7, 11) is 0. The third-order valence-electron chi connectivity index (χ3n) is 2.24. The van der Waals surface area contributed by atoms with Crippen LogP contribution in [0.15, 0.2) is 0 Å². The van der Waals surface area contributed by atoms with E-state index in [2.05, 4.69) is 0 Å². The van der Waals surface area contributed by atoms with E-state index in [1.165, 1.54) is 4.90 Å². The molecule has 0 saturated carbocycles. The van der Waals surface area contributed by atoms with Crippen molar-refractivity contribution in [2.24, 2.45) is 0 Å². The Hall–Kier alpha value is -1.10. The van der Waals surface area contributed by atoms with Crippen molar-refractivity contribution in [1.29, 1.82) is 0 Å².